The molecule has 0 amide bonds. The molecule has 0 fully saturated rings. The highest BCUT2D eigenvalue weighted by atomic mass is 16.5. The molecule has 0 bridgehead atoms. The lowest BCUT2D eigenvalue weighted by molar-refractivity contribution is 0.395. The van der Waals surface area contributed by atoms with Crippen LogP contribution in [0.15, 0.2) is 22.7 Å². The van der Waals surface area contributed by atoms with Crippen molar-refractivity contribution in [2.24, 2.45) is 0 Å². The number of ether oxygens (including phenoxy) is 1. The molecule has 2 aromatic rings. The molecule has 1 N–H and O–H groups in total. The minimum atomic E-state index is 0.0129. The molecule has 0 radical (unpaired) electrons. The van der Waals surface area contributed by atoms with Crippen LogP contribution in [0.3, 0.4) is 0 Å². The van der Waals surface area contributed by atoms with Gasteiger partial charge in [0, 0.05) is 6.20 Å². The van der Waals surface area contributed by atoms with Gasteiger partial charge in [-0.05, 0) is 26.1 Å². The topological polar surface area (TPSA) is 73.1 Å². The molecule has 0 aliphatic carbocycles. The zero-order valence-electron chi connectivity index (χ0n) is 9.97. The van der Waals surface area contributed by atoms with E-state index < -0.39 is 0 Å². The summed E-state index contributed by atoms with van der Waals surface area (Å²) in [6, 6.07) is 3.63. The van der Waals surface area contributed by atoms with Crippen LogP contribution >= 0.6 is 0 Å². The smallest absolute Gasteiger partial charge is 0.253 e. The summed E-state index contributed by atoms with van der Waals surface area (Å²) >= 11 is 0. The fraction of sp³-hybridized carbons (Fsp3) is 0.364. The fourth-order valence-electron chi connectivity index (χ4n) is 1.36. The molecule has 0 aliphatic rings. The Kier molecular flexibility index (Phi) is 3.34. The van der Waals surface area contributed by atoms with Crippen molar-refractivity contribution in [1.82, 2.24) is 20.5 Å². The number of aromatic nitrogens is 3. The second-order valence-corrected chi connectivity index (χ2v) is 3.52. The number of hydrogen-bond acceptors (Lipinski definition) is 6. The van der Waals surface area contributed by atoms with Crippen molar-refractivity contribution in [2.75, 3.05) is 14.2 Å². The molecule has 0 aromatic carbocycles. The highest BCUT2D eigenvalue weighted by molar-refractivity contribution is 5.59. The summed E-state index contributed by atoms with van der Waals surface area (Å²) in [6.45, 7) is 1.94. The third-order valence-corrected chi connectivity index (χ3v) is 2.44. The van der Waals surface area contributed by atoms with E-state index in [4.69, 9.17) is 9.15 Å². The van der Waals surface area contributed by atoms with E-state index in [0.29, 0.717) is 23.2 Å². The van der Waals surface area contributed by atoms with E-state index in [1.807, 2.05) is 20.0 Å². The van der Waals surface area contributed by atoms with Crippen LogP contribution in [-0.2, 0) is 0 Å². The molecule has 2 rings (SSSR count). The first-order valence-corrected chi connectivity index (χ1v) is 5.26. The molecule has 90 valence electrons. The molecule has 0 spiro atoms. The lowest BCUT2D eigenvalue weighted by Gasteiger charge is -2.03. The maximum absolute atomic E-state index is 5.56. The molecule has 2 heterocycles. The van der Waals surface area contributed by atoms with E-state index in [0.717, 1.165) is 0 Å². The number of pyridine rings is 1. The highest BCUT2D eigenvalue weighted by Gasteiger charge is 2.16. The first-order chi connectivity index (χ1) is 8.26. The van der Waals surface area contributed by atoms with E-state index in [9.17, 15) is 0 Å². The van der Waals surface area contributed by atoms with Gasteiger partial charge in [-0.15, -0.1) is 10.2 Å². The average molecular weight is 234 g/mol. The minimum absolute atomic E-state index is 0.0129. The summed E-state index contributed by atoms with van der Waals surface area (Å²) in [5, 5.41) is 11.0. The van der Waals surface area contributed by atoms with Gasteiger partial charge in [-0.2, -0.15) is 0 Å². The molecule has 6 heteroatoms. The number of nitrogens with zero attached hydrogens (tertiary/aromatic N) is 3. The number of hydrogen-bond donors (Lipinski definition) is 1. The number of rotatable bonds is 4. The Morgan fingerprint density at radius 2 is 2.24 bits per heavy atom. The van der Waals surface area contributed by atoms with Crippen LogP contribution in [0.2, 0.25) is 0 Å². The summed E-state index contributed by atoms with van der Waals surface area (Å²) in [5.74, 6) is 1.42. The van der Waals surface area contributed by atoms with Crippen molar-refractivity contribution in [1.29, 1.82) is 0 Å². The number of nitrogens with one attached hydrogen (secondary N) is 1. The molecule has 2 aromatic heterocycles. The lowest BCUT2D eigenvalue weighted by Crippen LogP contribution is -2.12. The van der Waals surface area contributed by atoms with Gasteiger partial charge < -0.3 is 14.5 Å². The van der Waals surface area contributed by atoms with Gasteiger partial charge in [0.05, 0.1) is 13.2 Å². The Morgan fingerprint density at radius 1 is 1.41 bits per heavy atom. The quantitative estimate of drug-likeness (QED) is 0.862. The second-order valence-electron chi connectivity index (χ2n) is 3.52. The SMILES string of the molecule is CNC(C)c1nnc(-c2cccnc2OC)o1. The van der Waals surface area contributed by atoms with Gasteiger partial charge in [0.15, 0.2) is 0 Å². The normalized spacial score (nSPS) is 12.4. The summed E-state index contributed by atoms with van der Waals surface area (Å²) < 4.78 is 10.7. The first-order valence-electron chi connectivity index (χ1n) is 5.26. The Labute approximate surface area is 99.0 Å². The van der Waals surface area contributed by atoms with Gasteiger partial charge >= 0.3 is 0 Å². The predicted molar refractivity (Wildman–Crippen MR) is 61.6 cm³/mol. The third-order valence-electron chi connectivity index (χ3n) is 2.44. The third kappa shape index (κ3) is 2.26. The van der Waals surface area contributed by atoms with E-state index in [2.05, 4.69) is 20.5 Å². The molecular weight excluding hydrogens is 220 g/mol. The summed E-state index contributed by atoms with van der Waals surface area (Å²) in [6.07, 6.45) is 1.65. The van der Waals surface area contributed by atoms with Gasteiger partial charge in [0.2, 0.25) is 11.8 Å². The van der Waals surface area contributed by atoms with Crippen LogP contribution in [-0.4, -0.2) is 29.3 Å². The van der Waals surface area contributed by atoms with Crippen LogP contribution in [0.1, 0.15) is 18.9 Å². The molecule has 1 unspecified atom stereocenters. The van der Waals surface area contributed by atoms with Crippen LogP contribution < -0.4 is 10.1 Å². The zero-order chi connectivity index (χ0) is 12.3. The molecule has 1 atom stereocenters. The molecule has 0 saturated carbocycles. The van der Waals surface area contributed by atoms with Gasteiger partial charge in [-0.3, -0.25) is 0 Å². The average Bonchev–Trinajstić information content (AvgIpc) is 2.87. The Balaban J connectivity index is 2.37. The van der Waals surface area contributed by atoms with Crippen molar-refractivity contribution in [3.05, 3.63) is 24.2 Å². The van der Waals surface area contributed by atoms with Gasteiger partial charge in [-0.1, -0.05) is 0 Å². The molecular formula is C11H14N4O2. The first kappa shape index (κ1) is 11.5. The monoisotopic (exact) mass is 234 g/mol. The van der Waals surface area contributed by atoms with Crippen LogP contribution in [0, 0.1) is 0 Å². The van der Waals surface area contributed by atoms with Crippen LogP contribution in [0.4, 0.5) is 0 Å². The van der Waals surface area contributed by atoms with Crippen molar-refractivity contribution in [2.45, 2.75) is 13.0 Å². The predicted octanol–water partition coefficient (Wildman–Crippen LogP) is 1.42. The standard InChI is InChI=1S/C11H14N4O2/c1-7(12-2)9-14-15-11(17-9)8-5-4-6-13-10(8)16-3/h4-7,12H,1-3H3. The largest absolute Gasteiger partial charge is 0.480 e. The maximum atomic E-state index is 5.56. The molecule has 17 heavy (non-hydrogen) atoms. The Morgan fingerprint density at radius 3 is 2.94 bits per heavy atom. The van der Waals surface area contributed by atoms with Gasteiger partial charge in [0.25, 0.3) is 5.89 Å². The van der Waals surface area contributed by atoms with Gasteiger partial charge in [0.1, 0.15) is 5.56 Å². The summed E-state index contributed by atoms with van der Waals surface area (Å²) in [4.78, 5) is 4.08. The van der Waals surface area contributed by atoms with E-state index in [-0.39, 0.29) is 6.04 Å². The summed E-state index contributed by atoms with van der Waals surface area (Å²) in [7, 11) is 3.39. The summed E-state index contributed by atoms with van der Waals surface area (Å²) in [5.41, 5.74) is 0.692. The fourth-order valence-corrected chi connectivity index (χ4v) is 1.36. The zero-order valence-corrected chi connectivity index (χ0v) is 9.97. The van der Waals surface area contributed by atoms with Crippen molar-refractivity contribution in [3.8, 4) is 17.3 Å². The van der Waals surface area contributed by atoms with E-state index >= 15 is 0 Å². The minimum Gasteiger partial charge on any atom is -0.480 e. The van der Waals surface area contributed by atoms with Crippen LogP contribution in [0.25, 0.3) is 11.5 Å². The Hall–Kier alpha value is -1.95. The molecule has 0 saturated heterocycles. The second kappa shape index (κ2) is 4.92. The lowest BCUT2D eigenvalue weighted by atomic mass is 10.3. The van der Waals surface area contributed by atoms with E-state index in [1.54, 1.807) is 19.4 Å². The van der Waals surface area contributed by atoms with E-state index in [1.165, 1.54) is 0 Å². The van der Waals surface area contributed by atoms with Crippen molar-refractivity contribution >= 4 is 0 Å². The molecule has 6 nitrogen and oxygen atoms in total. The Bertz CT molecular complexity index is 498. The maximum Gasteiger partial charge on any atom is 0.253 e. The van der Waals surface area contributed by atoms with Gasteiger partial charge in [-0.25, -0.2) is 4.98 Å². The van der Waals surface area contributed by atoms with Crippen LogP contribution in [0.5, 0.6) is 5.88 Å². The molecule has 0 aliphatic heterocycles. The number of methoxy groups -OCH3 is 1. The van der Waals surface area contributed by atoms with Crippen molar-refractivity contribution < 1.29 is 9.15 Å². The van der Waals surface area contributed by atoms with Crippen molar-refractivity contribution in [3.63, 3.8) is 0 Å². The highest BCUT2D eigenvalue weighted by Crippen LogP contribution is 2.27.